The first-order valence-corrected chi connectivity index (χ1v) is 8.21. The van der Waals surface area contributed by atoms with Crippen LogP contribution in [0.1, 0.15) is 39.0 Å². The Morgan fingerprint density at radius 1 is 1.31 bits per heavy atom. The lowest BCUT2D eigenvalue weighted by molar-refractivity contribution is 0.191. The SMILES string of the molecule is CCCC1CN(CCCCCSC)CCN1. The first-order chi connectivity index (χ1) is 7.86. The van der Waals surface area contributed by atoms with E-state index in [9.17, 15) is 0 Å². The summed E-state index contributed by atoms with van der Waals surface area (Å²) in [6, 6.07) is 0.755. The van der Waals surface area contributed by atoms with Crippen LogP contribution in [-0.2, 0) is 0 Å². The summed E-state index contributed by atoms with van der Waals surface area (Å²) in [6.07, 6.45) is 9.03. The molecule has 0 spiro atoms. The van der Waals surface area contributed by atoms with E-state index in [-0.39, 0.29) is 0 Å². The highest BCUT2D eigenvalue weighted by Crippen LogP contribution is 2.08. The van der Waals surface area contributed by atoms with Crippen molar-refractivity contribution in [1.82, 2.24) is 10.2 Å². The lowest BCUT2D eigenvalue weighted by Crippen LogP contribution is -2.50. The van der Waals surface area contributed by atoms with Gasteiger partial charge < -0.3 is 10.2 Å². The first-order valence-electron chi connectivity index (χ1n) is 6.81. The Morgan fingerprint density at radius 3 is 2.94 bits per heavy atom. The molecule has 1 N–H and O–H groups in total. The molecule has 0 aliphatic carbocycles. The third kappa shape index (κ3) is 6.12. The average molecular weight is 244 g/mol. The lowest BCUT2D eigenvalue weighted by Gasteiger charge is -2.33. The zero-order valence-electron chi connectivity index (χ0n) is 11.0. The second-order valence-corrected chi connectivity index (χ2v) is 5.78. The van der Waals surface area contributed by atoms with Gasteiger partial charge in [-0.2, -0.15) is 11.8 Å². The van der Waals surface area contributed by atoms with Gasteiger partial charge in [0.1, 0.15) is 0 Å². The number of hydrogen-bond donors (Lipinski definition) is 1. The molecule has 1 unspecified atom stereocenters. The molecule has 16 heavy (non-hydrogen) atoms. The van der Waals surface area contributed by atoms with Gasteiger partial charge in [-0.1, -0.05) is 19.8 Å². The van der Waals surface area contributed by atoms with Crippen molar-refractivity contribution in [1.29, 1.82) is 0 Å². The predicted octanol–water partition coefficient (Wildman–Crippen LogP) is 2.59. The van der Waals surface area contributed by atoms with Crippen LogP contribution in [-0.4, -0.2) is 49.1 Å². The maximum absolute atomic E-state index is 3.62. The van der Waals surface area contributed by atoms with E-state index in [2.05, 4.69) is 23.4 Å². The Bertz CT molecular complexity index is 162. The van der Waals surface area contributed by atoms with Crippen molar-refractivity contribution >= 4 is 11.8 Å². The van der Waals surface area contributed by atoms with Crippen LogP contribution in [0.15, 0.2) is 0 Å². The minimum absolute atomic E-state index is 0.755. The maximum Gasteiger partial charge on any atom is 0.0195 e. The van der Waals surface area contributed by atoms with Gasteiger partial charge in [0.25, 0.3) is 0 Å². The van der Waals surface area contributed by atoms with E-state index in [0.29, 0.717) is 0 Å². The molecule has 1 saturated heterocycles. The molecule has 0 amide bonds. The van der Waals surface area contributed by atoms with Crippen LogP contribution >= 0.6 is 11.8 Å². The van der Waals surface area contributed by atoms with Crippen molar-refractivity contribution in [2.45, 2.75) is 45.1 Å². The molecule has 1 heterocycles. The van der Waals surface area contributed by atoms with Crippen LogP contribution in [0.5, 0.6) is 0 Å². The fourth-order valence-electron chi connectivity index (χ4n) is 2.40. The van der Waals surface area contributed by atoms with Crippen LogP contribution in [0.25, 0.3) is 0 Å². The predicted molar refractivity (Wildman–Crippen MR) is 75.4 cm³/mol. The van der Waals surface area contributed by atoms with E-state index < -0.39 is 0 Å². The minimum atomic E-state index is 0.755. The largest absolute Gasteiger partial charge is 0.311 e. The quantitative estimate of drug-likeness (QED) is 0.661. The monoisotopic (exact) mass is 244 g/mol. The molecular weight excluding hydrogens is 216 g/mol. The van der Waals surface area contributed by atoms with Gasteiger partial charge in [0.05, 0.1) is 0 Å². The van der Waals surface area contributed by atoms with E-state index in [4.69, 9.17) is 0 Å². The van der Waals surface area contributed by atoms with Gasteiger partial charge in [0.15, 0.2) is 0 Å². The third-order valence-electron chi connectivity index (χ3n) is 3.30. The van der Waals surface area contributed by atoms with Gasteiger partial charge in [-0.15, -0.1) is 0 Å². The summed E-state index contributed by atoms with van der Waals surface area (Å²) in [7, 11) is 0. The first kappa shape index (κ1) is 14.3. The Kier molecular flexibility index (Phi) is 8.34. The summed E-state index contributed by atoms with van der Waals surface area (Å²) in [6.45, 7) is 7.31. The number of piperazine rings is 1. The van der Waals surface area contributed by atoms with E-state index in [1.165, 1.54) is 64.0 Å². The lowest BCUT2D eigenvalue weighted by atomic mass is 10.1. The number of nitrogens with one attached hydrogen (secondary N) is 1. The van der Waals surface area contributed by atoms with Crippen LogP contribution in [0.4, 0.5) is 0 Å². The fourth-order valence-corrected chi connectivity index (χ4v) is 2.89. The molecular formula is C13H28N2S. The van der Waals surface area contributed by atoms with E-state index in [1.807, 2.05) is 11.8 Å². The fraction of sp³-hybridized carbons (Fsp3) is 1.00. The highest BCUT2D eigenvalue weighted by molar-refractivity contribution is 7.98. The highest BCUT2D eigenvalue weighted by atomic mass is 32.2. The summed E-state index contributed by atoms with van der Waals surface area (Å²) in [5, 5.41) is 3.62. The molecule has 0 aromatic carbocycles. The molecule has 2 nitrogen and oxygen atoms in total. The minimum Gasteiger partial charge on any atom is -0.311 e. The average Bonchev–Trinajstić information content (AvgIpc) is 2.30. The van der Waals surface area contributed by atoms with Gasteiger partial charge in [-0.05, 0) is 37.8 Å². The molecule has 96 valence electrons. The number of nitrogens with zero attached hydrogens (tertiary/aromatic N) is 1. The van der Waals surface area contributed by atoms with Crippen molar-refractivity contribution in [2.24, 2.45) is 0 Å². The standard InChI is InChI=1S/C13H28N2S/c1-3-7-13-12-15(10-8-14-13)9-5-4-6-11-16-2/h13-14H,3-12H2,1-2H3. The van der Waals surface area contributed by atoms with Gasteiger partial charge >= 0.3 is 0 Å². The molecule has 1 fully saturated rings. The van der Waals surface area contributed by atoms with Gasteiger partial charge in [0, 0.05) is 25.7 Å². The van der Waals surface area contributed by atoms with Crippen molar-refractivity contribution < 1.29 is 0 Å². The van der Waals surface area contributed by atoms with Gasteiger partial charge in [-0.25, -0.2) is 0 Å². The zero-order valence-corrected chi connectivity index (χ0v) is 11.8. The van der Waals surface area contributed by atoms with Crippen LogP contribution in [0.2, 0.25) is 0 Å². The van der Waals surface area contributed by atoms with Gasteiger partial charge in [-0.3, -0.25) is 0 Å². The Labute approximate surface area is 106 Å². The Balaban J connectivity index is 2.02. The molecule has 0 saturated carbocycles. The van der Waals surface area contributed by atoms with Crippen molar-refractivity contribution in [3.63, 3.8) is 0 Å². The second-order valence-electron chi connectivity index (χ2n) is 4.79. The van der Waals surface area contributed by atoms with Crippen molar-refractivity contribution in [3.05, 3.63) is 0 Å². The topological polar surface area (TPSA) is 15.3 Å². The van der Waals surface area contributed by atoms with E-state index in [1.54, 1.807) is 0 Å². The molecule has 0 aromatic rings. The molecule has 0 radical (unpaired) electrons. The Morgan fingerprint density at radius 2 is 2.19 bits per heavy atom. The number of unbranched alkanes of at least 4 members (excludes halogenated alkanes) is 2. The normalized spacial score (nSPS) is 22.5. The van der Waals surface area contributed by atoms with Crippen molar-refractivity contribution in [3.8, 4) is 0 Å². The second kappa shape index (κ2) is 9.32. The zero-order chi connectivity index (χ0) is 11.6. The van der Waals surface area contributed by atoms with Gasteiger partial charge in [0.2, 0.25) is 0 Å². The number of thioether (sulfide) groups is 1. The summed E-state index contributed by atoms with van der Waals surface area (Å²) >= 11 is 1.97. The molecule has 0 bridgehead atoms. The maximum atomic E-state index is 3.62. The van der Waals surface area contributed by atoms with Crippen LogP contribution in [0.3, 0.4) is 0 Å². The van der Waals surface area contributed by atoms with Crippen LogP contribution < -0.4 is 5.32 Å². The van der Waals surface area contributed by atoms with E-state index in [0.717, 1.165) is 6.04 Å². The molecule has 1 atom stereocenters. The summed E-state index contributed by atoms with van der Waals surface area (Å²) in [4.78, 5) is 2.65. The smallest absolute Gasteiger partial charge is 0.0195 e. The van der Waals surface area contributed by atoms with E-state index >= 15 is 0 Å². The summed E-state index contributed by atoms with van der Waals surface area (Å²) < 4.78 is 0. The Hall–Kier alpha value is 0.270. The molecule has 0 aromatic heterocycles. The highest BCUT2D eigenvalue weighted by Gasteiger charge is 2.17. The molecule has 3 heteroatoms. The number of rotatable bonds is 8. The number of hydrogen-bond acceptors (Lipinski definition) is 3. The molecule has 1 rings (SSSR count). The van der Waals surface area contributed by atoms with Crippen LogP contribution in [0, 0.1) is 0 Å². The van der Waals surface area contributed by atoms with Crippen molar-refractivity contribution in [2.75, 3.05) is 38.2 Å². The third-order valence-corrected chi connectivity index (χ3v) is 4.00. The molecule has 1 aliphatic rings. The molecule has 1 aliphatic heterocycles. The summed E-state index contributed by atoms with van der Waals surface area (Å²) in [5.41, 5.74) is 0. The summed E-state index contributed by atoms with van der Waals surface area (Å²) in [5.74, 6) is 1.33.